The summed E-state index contributed by atoms with van der Waals surface area (Å²) >= 11 is 0. The molecule has 0 bridgehead atoms. The first kappa shape index (κ1) is 21.3. The van der Waals surface area contributed by atoms with Crippen LogP contribution >= 0.6 is 0 Å². The van der Waals surface area contributed by atoms with Crippen LogP contribution in [0.4, 0.5) is 5.69 Å². The van der Waals surface area contributed by atoms with Crippen LogP contribution in [-0.2, 0) is 4.79 Å². The smallest absolute Gasteiger partial charge is 0.269 e. The van der Waals surface area contributed by atoms with E-state index in [0.29, 0.717) is 17.6 Å². The molecule has 2 unspecified atom stereocenters. The Balaban J connectivity index is 0.000000459. The number of non-ortho nitro benzene ring substituents is 1. The lowest BCUT2D eigenvalue weighted by atomic mass is 9.85. The van der Waals surface area contributed by atoms with Crippen molar-refractivity contribution in [1.29, 1.82) is 0 Å². The van der Waals surface area contributed by atoms with Gasteiger partial charge >= 0.3 is 0 Å². The molecule has 0 N–H and O–H groups in total. The first-order valence-corrected chi connectivity index (χ1v) is 8.38. The minimum Gasteiger partial charge on any atom is -0.299 e. The number of nitrogens with zero attached hydrogens (tertiary/aromatic N) is 1. The summed E-state index contributed by atoms with van der Waals surface area (Å²) in [5.41, 5.74) is 0.137. The molecule has 0 aliphatic rings. The lowest BCUT2D eigenvalue weighted by Gasteiger charge is -2.19. The lowest BCUT2D eigenvalue weighted by molar-refractivity contribution is -0.384. The Bertz CT molecular complexity index is 451. The maximum Gasteiger partial charge on any atom is 0.269 e. The highest BCUT2D eigenvalue weighted by molar-refractivity contribution is 5.82. The zero-order chi connectivity index (χ0) is 18.0. The number of carbonyl (C=O) groups excluding carboxylic acids is 1. The van der Waals surface area contributed by atoms with Crippen LogP contribution in [0, 0.1) is 33.8 Å². The number of para-hydroxylation sites is 1. The number of hydrogen-bond donors (Lipinski definition) is 0. The van der Waals surface area contributed by atoms with E-state index in [0.717, 1.165) is 12.8 Å². The Hall–Kier alpha value is -1.71. The SMILES string of the molecule is CC(C)CC(C)C(=O)C(C)CC(C)C.O=[N+]([O-])c1ccccc1. The van der Waals surface area contributed by atoms with Crippen molar-refractivity contribution in [2.45, 2.75) is 54.4 Å². The minimum atomic E-state index is -0.417. The zero-order valence-corrected chi connectivity index (χ0v) is 15.3. The molecule has 0 aliphatic carbocycles. The van der Waals surface area contributed by atoms with E-state index in [4.69, 9.17) is 0 Å². The van der Waals surface area contributed by atoms with Crippen molar-refractivity contribution in [3.63, 3.8) is 0 Å². The third kappa shape index (κ3) is 9.82. The van der Waals surface area contributed by atoms with Crippen LogP contribution in [0.1, 0.15) is 54.4 Å². The Morgan fingerprint density at radius 3 is 1.57 bits per heavy atom. The summed E-state index contributed by atoms with van der Waals surface area (Å²) < 4.78 is 0. The summed E-state index contributed by atoms with van der Waals surface area (Å²) in [6, 6.07) is 7.93. The van der Waals surface area contributed by atoms with Gasteiger partial charge in [-0.25, -0.2) is 0 Å². The van der Waals surface area contributed by atoms with Crippen LogP contribution in [0.25, 0.3) is 0 Å². The van der Waals surface area contributed by atoms with Crippen molar-refractivity contribution in [3.8, 4) is 0 Å². The van der Waals surface area contributed by atoms with Gasteiger partial charge < -0.3 is 0 Å². The highest BCUT2D eigenvalue weighted by atomic mass is 16.6. The molecule has 2 atom stereocenters. The lowest BCUT2D eigenvalue weighted by Crippen LogP contribution is -2.22. The van der Waals surface area contributed by atoms with E-state index in [1.165, 1.54) is 12.1 Å². The number of Topliss-reactive ketones (excluding diaryl/α,β-unsaturated/α-hetero) is 1. The molecule has 1 aromatic rings. The van der Waals surface area contributed by atoms with Crippen LogP contribution in [0.3, 0.4) is 0 Å². The second-order valence-corrected chi connectivity index (χ2v) is 7.06. The van der Waals surface area contributed by atoms with E-state index in [-0.39, 0.29) is 17.5 Å². The van der Waals surface area contributed by atoms with Crippen LogP contribution in [-0.4, -0.2) is 10.7 Å². The van der Waals surface area contributed by atoms with Gasteiger partial charge in [0.15, 0.2) is 0 Å². The van der Waals surface area contributed by atoms with E-state index in [1.807, 2.05) is 0 Å². The van der Waals surface area contributed by atoms with E-state index in [2.05, 4.69) is 41.5 Å². The van der Waals surface area contributed by atoms with E-state index < -0.39 is 4.92 Å². The minimum absolute atomic E-state index is 0.137. The van der Waals surface area contributed by atoms with Crippen LogP contribution in [0.5, 0.6) is 0 Å². The molecule has 23 heavy (non-hydrogen) atoms. The second-order valence-electron chi connectivity index (χ2n) is 7.06. The molecule has 0 saturated heterocycles. The van der Waals surface area contributed by atoms with Gasteiger partial charge in [-0.2, -0.15) is 0 Å². The fraction of sp³-hybridized carbons (Fsp3) is 0.632. The highest BCUT2D eigenvalue weighted by Gasteiger charge is 2.21. The van der Waals surface area contributed by atoms with Gasteiger partial charge in [0.2, 0.25) is 0 Å². The van der Waals surface area contributed by atoms with Crippen molar-refractivity contribution in [2.24, 2.45) is 23.7 Å². The second kappa shape index (κ2) is 10.9. The fourth-order valence-corrected chi connectivity index (χ4v) is 2.68. The molecule has 0 saturated carbocycles. The Morgan fingerprint density at radius 1 is 0.913 bits per heavy atom. The largest absolute Gasteiger partial charge is 0.299 e. The summed E-state index contributed by atoms with van der Waals surface area (Å²) in [5.74, 6) is 2.18. The summed E-state index contributed by atoms with van der Waals surface area (Å²) in [5, 5.41) is 10.0. The third-order valence-corrected chi connectivity index (χ3v) is 3.59. The van der Waals surface area contributed by atoms with Gasteiger partial charge in [0.05, 0.1) is 4.92 Å². The molecule has 4 nitrogen and oxygen atoms in total. The normalized spacial score (nSPS) is 13.2. The summed E-state index contributed by atoms with van der Waals surface area (Å²) in [6.07, 6.45) is 2.06. The number of carbonyl (C=O) groups is 1. The molecule has 1 aromatic carbocycles. The first-order chi connectivity index (χ1) is 10.6. The molecule has 0 heterocycles. The monoisotopic (exact) mass is 321 g/mol. The molecule has 0 aromatic heterocycles. The molecule has 4 heteroatoms. The number of rotatable bonds is 7. The average Bonchev–Trinajstić information content (AvgIpc) is 2.46. The summed E-state index contributed by atoms with van der Waals surface area (Å²) in [6.45, 7) is 12.8. The average molecular weight is 321 g/mol. The molecule has 0 fully saturated rings. The van der Waals surface area contributed by atoms with Crippen LogP contribution < -0.4 is 0 Å². The van der Waals surface area contributed by atoms with E-state index in [9.17, 15) is 14.9 Å². The summed E-state index contributed by atoms with van der Waals surface area (Å²) in [4.78, 5) is 21.5. The van der Waals surface area contributed by atoms with Gasteiger partial charge in [-0.05, 0) is 24.7 Å². The van der Waals surface area contributed by atoms with Gasteiger partial charge in [0.25, 0.3) is 5.69 Å². The molecule has 1 rings (SSSR count). The Kier molecular flexibility index (Phi) is 10.1. The van der Waals surface area contributed by atoms with E-state index in [1.54, 1.807) is 18.2 Å². The number of ketones is 1. The topological polar surface area (TPSA) is 60.2 Å². The quantitative estimate of drug-likeness (QED) is 0.491. The molecule has 0 radical (unpaired) electrons. The predicted molar refractivity (Wildman–Crippen MR) is 95.3 cm³/mol. The third-order valence-electron chi connectivity index (χ3n) is 3.59. The van der Waals surface area contributed by atoms with Crippen molar-refractivity contribution in [1.82, 2.24) is 0 Å². The predicted octanol–water partition coefficient (Wildman–Crippen LogP) is 5.51. The number of nitro benzene ring substituents is 1. The maximum atomic E-state index is 11.9. The van der Waals surface area contributed by atoms with Gasteiger partial charge in [-0.15, -0.1) is 0 Å². The zero-order valence-electron chi connectivity index (χ0n) is 15.3. The van der Waals surface area contributed by atoms with Gasteiger partial charge in [0, 0.05) is 24.0 Å². The Labute approximate surface area is 140 Å². The van der Waals surface area contributed by atoms with Gasteiger partial charge in [0.1, 0.15) is 5.78 Å². The molecule has 0 amide bonds. The molecule has 0 spiro atoms. The van der Waals surface area contributed by atoms with Crippen molar-refractivity contribution < 1.29 is 9.72 Å². The number of benzene rings is 1. The first-order valence-electron chi connectivity index (χ1n) is 8.38. The van der Waals surface area contributed by atoms with Gasteiger partial charge in [-0.1, -0.05) is 59.7 Å². The van der Waals surface area contributed by atoms with Gasteiger partial charge in [-0.3, -0.25) is 14.9 Å². The number of hydrogen-bond acceptors (Lipinski definition) is 3. The standard InChI is InChI=1S/C13H26O.C6H5NO2/c1-9(2)7-11(5)13(14)12(6)8-10(3)4;8-7(9)6-4-2-1-3-5-6/h9-12H,7-8H2,1-6H3;1-5H. The van der Waals surface area contributed by atoms with E-state index >= 15 is 0 Å². The summed E-state index contributed by atoms with van der Waals surface area (Å²) in [7, 11) is 0. The van der Waals surface area contributed by atoms with Crippen molar-refractivity contribution >= 4 is 11.5 Å². The highest BCUT2D eigenvalue weighted by Crippen LogP contribution is 2.20. The maximum absolute atomic E-state index is 11.9. The molecule has 0 aliphatic heterocycles. The molecular weight excluding hydrogens is 290 g/mol. The van der Waals surface area contributed by atoms with Crippen molar-refractivity contribution in [2.75, 3.05) is 0 Å². The fourth-order valence-electron chi connectivity index (χ4n) is 2.68. The molecule has 130 valence electrons. The number of nitro groups is 1. The van der Waals surface area contributed by atoms with Crippen LogP contribution in [0.2, 0.25) is 0 Å². The van der Waals surface area contributed by atoms with Crippen molar-refractivity contribution in [3.05, 3.63) is 40.4 Å². The Morgan fingerprint density at radius 2 is 1.30 bits per heavy atom. The van der Waals surface area contributed by atoms with Crippen LogP contribution in [0.15, 0.2) is 30.3 Å². The molecular formula is C19H31NO3.